The molecule has 2 aromatic carbocycles. The van der Waals surface area contributed by atoms with E-state index in [0.29, 0.717) is 27.0 Å². The minimum atomic E-state index is -3.57. The standard InChI is InChI=1S/C17H15Cl2N3O3S/c1-22(26(23,24)11-12-5-4-6-13(18)9-12)10-16-20-17(21-25-16)14-7-2-3-8-15(14)19/h2-9H,10-11H2,1H3. The summed E-state index contributed by atoms with van der Waals surface area (Å²) in [7, 11) is -2.11. The molecule has 0 fully saturated rings. The highest BCUT2D eigenvalue weighted by atomic mass is 35.5. The van der Waals surface area contributed by atoms with Gasteiger partial charge in [0.15, 0.2) is 0 Å². The monoisotopic (exact) mass is 411 g/mol. The van der Waals surface area contributed by atoms with Gasteiger partial charge in [-0.05, 0) is 29.8 Å². The predicted molar refractivity (Wildman–Crippen MR) is 100 cm³/mol. The lowest BCUT2D eigenvalue weighted by Crippen LogP contribution is -2.27. The molecule has 0 bridgehead atoms. The van der Waals surface area contributed by atoms with Crippen LogP contribution in [0, 0.1) is 0 Å². The maximum Gasteiger partial charge on any atom is 0.242 e. The first kappa shape index (κ1) is 18.8. The molecule has 0 saturated carbocycles. The van der Waals surface area contributed by atoms with Crippen molar-refractivity contribution in [3.05, 3.63) is 70.0 Å². The molecule has 9 heteroatoms. The predicted octanol–water partition coefficient (Wildman–Crippen LogP) is 4.01. The summed E-state index contributed by atoms with van der Waals surface area (Å²) >= 11 is 12.0. The molecule has 0 amide bonds. The molecule has 0 spiro atoms. The number of rotatable bonds is 6. The van der Waals surface area contributed by atoms with E-state index in [2.05, 4.69) is 10.1 Å². The van der Waals surface area contributed by atoms with Gasteiger partial charge in [0.05, 0.1) is 17.3 Å². The van der Waals surface area contributed by atoms with E-state index >= 15 is 0 Å². The van der Waals surface area contributed by atoms with Crippen LogP contribution in [0.2, 0.25) is 10.0 Å². The molecule has 1 heterocycles. The molecular weight excluding hydrogens is 397 g/mol. The number of halogens is 2. The molecule has 6 nitrogen and oxygen atoms in total. The fourth-order valence-corrected chi connectivity index (χ4v) is 3.87. The van der Waals surface area contributed by atoms with Crippen molar-refractivity contribution in [1.82, 2.24) is 14.4 Å². The van der Waals surface area contributed by atoms with Crippen molar-refractivity contribution in [2.45, 2.75) is 12.3 Å². The first-order valence-electron chi connectivity index (χ1n) is 7.61. The van der Waals surface area contributed by atoms with Gasteiger partial charge in [-0.3, -0.25) is 0 Å². The Balaban J connectivity index is 1.73. The zero-order valence-electron chi connectivity index (χ0n) is 13.8. The molecule has 0 aliphatic carbocycles. The summed E-state index contributed by atoms with van der Waals surface area (Å²) in [6.07, 6.45) is 0. The van der Waals surface area contributed by atoms with Gasteiger partial charge in [-0.15, -0.1) is 0 Å². The minimum absolute atomic E-state index is 0.0413. The molecule has 0 saturated heterocycles. The Morgan fingerprint density at radius 3 is 2.62 bits per heavy atom. The Kier molecular flexibility index (Phi) is 5.62. The number of hydrogen-bond acceptors (Lipinski definition) is 5. The molecule has 3 rings (SSSR count). The lowest BCUT2D eigenvalue weighted by Gasteiger charge is -2.15. The van der Waals surface area contributed by atoms with Gasteiger partial charge in [0.2, 0.25) is 21.7 Å². The van der Waals surface area contributed by atoms with Gasteiger partial charge in [-0.1, -0.05) is 52.6 Å². The molecule has 3 aromatic rings. The van der Waals surface area contributed by atoms with Crippen LogP contribution in [0.5, 0.6) is 0 Å². The van der Waals surface area contributed by atoms with Crippen LogP contribution in [0.1, 0.15) is 11.5 Å². The Morgan fingerprint density at radius 1 is 1.12 bits per heavy atom. The fourth-order valence-electron chi connectivity index (χ4n) is 2.31. The largest absolute Gasteiger partial charge is 0.338 e. The van der Waals surface area contributed by atoms with Crippen LogP contribution < -0.4 is 0 Å². The third-order valence-electron chi connectivity index (χ3n) is 3.65. The van der Waals surface area contributed by atoms with E-state index in [0.717, 1.165) is 4.31 Å². The Bertz CT molecular complexity index is 1020. The minimum Gasteiger partial charge on any atom is -0.338 e. The second-order valence-electron chi connectivity index (χ2n) is 5.63. The average molecular weight is 412 g/mol. The Labute approximate surface area is 161 Å². The van der Waals surface area contributed by atoms with Crippen molar-refractivity contribution in [2.75, 3.05) is 7.05 Å². The number of nitrogens with zero attached hydrogens (tertiary/aromatic N) is 3. The molecule has 1 aromatic heterocycles. The van der Waals surface area contributed by atoms with Crippen molar-refractivity contribution in [2.24, 2.45) is 0 Å². The van der Waals surface area contributed by atoms with Crippen molar-refractivity contribution in [3.63, 3.8) is 0 Å². The van der Waals surface area contributed by atoms with Crippen molar-refractivity contribution >= 4 is 33.2 Å². The summed E-state index contributed by atoms with van der Waals surface area (Å²) in [6.45, 7) is -0.0413. The molecule has 0 aliphatic rings. The Hall–Kier alpha value is -1.93. The molecule has 0 atom stereocenters. The van der Waals surface area contributed by atoms with Crippen LogP contribution in [0.4, 0.5) is 0 Å². The lowest BCUT2D eigenvalue weighted by atomic mass is 10.2. The van der Waals surface area contributed by atoms with E-state index in [9.17, 15) is 8.42 Å². The van der Waals surface area contributed by atoms with Crippen LogP contribution in [-0.4, -0.2) is 29.9 Å². The topological polar surface area (TPSA) is 76.3 Å². The van der Waals surface area contributed by atoms with Crippen LogP contribution in [0.3, 0.4) is 0 Å². The normalized spacial score (nSPS) is 11.8. The summed E-state index contributed by atoms with van der Waals surface area (Å²) in [4.78, 5) is 4.23. The molecule has 0 unspecified atom stereocenters. The highest BCUT2D eigenvalue weighted by Crippen LogP contribution is 2.25. The summed E-state index contributed by atoms with van der Waals surface area (Å²) in [5.41, 5.74) is 1.22. The van der Waals surface area contributed by atoms with Crippen molar-refractivity contribution in [1.29, 1.82) is 0 Å². The van der Waals surface area contributed by atoms with E-state index < -0.39 is 10.0 Å². The number of benzene rings is 2. The molecule has 26 heavy (non-hydrogen) atoms. The zero-order chi connectivity index (χ0) is 18.7. The van der Waals surface area contributed by atoms with E-state index in [-0.39, 0.29) is 18.2 Å². The van der Waals surface area contributed by atoms with Crippen LogP contribution >= 0.6 is 23.2 Å². The first-order valence-corrected chi connectivity index (χ1v) is 9.97. The smallest absolute Gasteiger partial charge is 0.242 e. The van der Waals surface area contributed by atoms with Gasteiger partial charge in [0.1, 0.15) is 0 Å². The maximum absolute atomic E-state index is 12.5. The molecule has 0 N–H and O–H groups in total. The van der Waals surface area contributed by atoms with Crippen LogP contribution in [0.15, 0.2) is 53.1 Å². The van der Waals surface area contributed by atoms with Crippen LogP contribution in [0.25, 0.3) is 11.4 Å². The first-order chi connectivity index (χ1) is 12.3. The molecule has 136 valence electrons. The highest BCUT2D eigenvalue weighted by molar-refractivity contribution is 7.88. The fraction of sp³-hybridized carbons (Fsp3) is 0.176. The number of sulfonamides is 1. The maximum atomic E-state index is 12.5. The lowest BCUT2D eigenvalue weighted by molar-refractivity contribution is 0.336. The summed E-state index contributed by atoms with van der Waals surface area (Å²) < 4.78 is 31.4. The third kappa shape index (κ3) is 4.42. The molecule has 0 radical (unpaired) electrons. The summed E-state index contributed by atoms with van der Waals surface area (Å²) in [5, 5.41) is 4.84. The van der Waals surface area contributed by atoms with Crippen molar-refractivity contribution < 1.29 is 12.9 Å². The average Bonchev–Trinajstić information content (AvgIpc) is 3.03. The van der Waals surface area contributed by atoms with Gasteiger partial charge in [0.25, 0.3) is 0 Å². The van der Waals surface area contributed by atoms with Gasteiger partial charge < -0.3 is 4.52 Å². The quantitative estimate of drug-likeness (QED) is 0.612. The van der Waals surface area contributed by atoms with E-state index in [4.69, 9.17) is 27.7 Å². The highest BCUT2D eigenvalue weighted by Gasteiger charge is 2.22. The van der Waals surface area contributed by atoms with Crippen LogP contribution in [-0.2, 0) is 22.3 Å². The number of hydrogen-bond donors (Lipinski definition) is 0. The molecule has 0 aliphatic heterocycles. The zero-order valence-corrected chi connectivity index (χ0v) is 16.1. The number of aromatic nitrogens is 2. The second-order valence-corrected chi connectivity index (χ2v) is 8.55. The van der Waals surface area contributed by atoms with Gasteiger partial charge >= 0.3 is 0 Å². The van der Waals surface area contributed by atoms with Gasteiger partial charge in [-0.2, -0.15) is 9.29 Å². The van der Waals surface area contributed by atoms with Crippen molar-refractivity contribution in [3.8, 4) is 11.4 Å². The van der Waals surface area contributed by atoms with Gasteiger partial charge in [0, 0.05) is 17.6 Å². The van der Waals surface area contributed by atoms with E-state index in [1.807, 2.05) is 0 Å². The van der Waals surface area contributed by atoms with Gasteiger partial charge in [-0.25, -0.2) is 8.42 Å². The third-order valence-corrected chi connectivity index (χ3v) is 6.00. The summed E-state index contributed by atoms with van der Waals surface area (Å²) in [5.74, 6) is 0.318. The second kappa shape index (κ2) is 7.75. The Morgan fingerprint density at radius 2 is 1.88 bits per heavy atom. The van der Waals surface area contributed by atoms with E-state index in [1.165, 1.54) is 7.05 Å². The SMILES string of the molecule is CN(Cc1nc(-c2ccccc2Cl)no1)S(=O)(=O)Cc1cccc(Cl)c1. The van der Waals surface area contributed by atoms with E-state index in [1.54, 1.807) is 48.5 Å². The molecular formula is C17H15Cl2N3O3S. The summed E-state index contributed by atoms with van der Waals surface area (Å²) in [6, 6.07) is 13.8.